The van der Waals surface area contributed by atoms with Gasteiger partial charge in [-0.15, -0.1) is 13.2 Å². The van der Waals surface area contributed by atoms with Gasteiger partial charge in [0, 0.05) is 28.7 Å². The number of ether oxygens (including phenoxy) is 2. The summed E-state index contributed by atoms with van der Waals surface area (Å²) >= 11 is 5.93. The van der Waals surface area contributed by atoms with E-state index >= 15 is 0 Å². The van der Waals surface area contributed by atoms with Gasteiger partial charge in [-0.1, -0.05) is 18.5 Å². The van der Waals surface area contributed by atoms with E-state index in [2.05, 4.69) is 30.4 Å². The minimum atomic E-state index is -4.75. The normalized spacial score (nSPS) is 26.8. The lowest BCUT2D eigenvalue weighted by Crippen LogP contribution is -2.55. The summed E-state index contributed by atoms with van der Waals surface area (Å²) in [7, 11) is 0. The van der Waals surface area contributed by atoms with Crippen LogP contribution in [0.5, 0.6) is 11.5 Å². The Bertz CT molecular complexity index is 636. The maximum Gasteiger partial charge on any atom is 0.573 e. The molecule has 2 aliphatic heterocycles. The Balaban J connectivity index is 1.70. The van der Waals surface area contributed by atoms with Gasteiger partial charge in [-0.2, -0.15) is 0 Å². The molecular formula is C19H25ClF3NO2. The molecule has 0 spiro atoms. The minimum Gasteiger partial charge on any atom is -0.490 e. The van der Waals surface area contributed by atoms with Crippen molar-refractivity contribution in [3.8, 4) is 11.5 Å². The van der Waals surface area contributed by atoms with Gasteiger partial charge < -0.3 is 9.47 Å². The Hall–Kier alpha value is -1.14. The number of nitrogens with zero attached hydrogens (tertiary/aromatic N) is 1. The van der Waals surface area contributed by atoms with Crippen LogP contribution in [0.4, 0.5) is 13.2 Å². The lowest BCUT2D eigenvalue weighted by atomic mass is 9.90. The molecule has 0 aliphatic carbocycles. The van der Waals surface area contributed by atoms with Crippen molar-refractivity contribution in [2.75, 3.05) is 0 Å². The highest BCUT2D eigenvalue weighted by Gasteiger charge is 2.46. The van der Waals surface area contributed by atoms with Crippen molar-refractivity contribution in [3.05, 3.63) is 23.2 Å². The maximum atomic E-state index is 12.5. The van der Waals surface area contributed by atoms with E-state index in [4.69, 9.17) is 16.3 Å². The van der Waals surface area contributed by atoms with E-state index in [0.717, 1.165) is 38.2 Å². The van der Waals surface area contributed by atoms with Gasteiger partial charge in [-0.25, -0.2) is 0 Å². The van der Waals surface area contributed by atoms with Crippen molar-refractivity contribution in [2.24, 2.45) is 0 Å². The smallest absolute Gasteiger partial charge is 0.490 e. The predicted octanol–water partition coefficient (Wildman–Crippen LogP) is 5.80. The molecule has 146 valence electrons. The highest BCUT2D eigenvalue weighted by atomic mass is 35.5. The predicted molar refractivity (Wildman–Crippen MR) is 94.8 cm³/mol. The first kappa shape index (κ1) is 19.6. The van der Waals surface area contributed by atoms with Crippen LogP contribution in [0.25, 0.3) is 0 Å². The molecule has 3 nitrogen and oxygen atoms in total. The van der Waals surface area contributed by atoms with Crippen molar-refractivity contribution in [1.29, 1.82) is 0 Å². The van der Waals surface area contributed by atoms with E-state index in [9.17, 15) is 13.2 Å². The Morgan fingerprint density at radius 2 is 1.65 bits per heavy atom. The fraction of sp³-hybridized carbons (Fsp3) is 0.684. The Labute approximate surface area is 157 Å². The summed E-state index contributed by atoms with van der Waals surface area (Å²) < 4.78 is 47.3. The largest absolute Gasteiger partial charge is 0.573 e. The van der Waals surface area contributed by atoms with Gasteiger partial charge in [0.05, 0.1) is 0 Å². The van der Waals surface area contributed by atoms with Gasteiger partial charge in [0.2, 0.25) is 0 Å². The third-order valence-electron chi connectivity index (χ3n) is 5.64. The maximum absolute atomic E-state index is 12.5. The van der Waals surface area contributed by atoms with E-state index in [0.29, 0.717) is 17.8 Å². The van der Waals surface area contributed by atoms with Gasteiger partial charge in [-0.05, 0) is 58.1 Å². The average Bonchev–Trinajstić information content (AvgIpc) is 2.78. The highest BCUT2D eigenvalue weighted by Crippen LogP contribution is 2.43. The van der Waals surface area contributed by atoms with Gasteiger partial charge >= 0.3 is 6.36 Å². The second kappa shape index (κ2) is 7.12. The Kier molecular flexibility index (Phi) is 5.37. The number of hydrogen-bond donors (Lipinski definition) is 0. The summed E-state index contributed by atoms with van der Waals surface area (Å²) in [6, 6.07) is 4.84. The molecule has 1 aromatic carbocycles. The van der Waals surface area contributed by atoms with Crippen molar-refractivity contribution in [3.63, 3.8) is 0 Å². The second-order valence-corrected chi connectivity index (χ2v) is 8.28. The number of benzene rings is 1. The summed E-state index contributed by atoms with van der Waals surface area (Å²) in [6.45, 7) is 6.75. The van der Waals surface area contributed by atoms with E-state index in [1.807, 2.05) is 0 Å². The highest BCUT2D eigenvalue weighted by molar-refractivity contribution is 6.30. The third kappa shape index (κ3) is 4.39. The van der Waals surface area contributed by atoms with Crippen LogP contribution in [0.1, 0.15) is 52.9 Å². The first-order chi connectivity index (χ1) is 12.1. The van der Waals surface area contributed by atoms with Crippen LogP contribution in [0.3, 0.4) is 0 Å². The molecule has 7 heteroatoms. The molecule has 2 bridgehead atoms. The number of fused-ring (bicyclic) bond motifs is 2. The Morgan fingerprint density at radius 3 is 2.19 bits per heavy atom. The van der Waals surface area contributed by atoms with Crippen LogP contribution in [0.2, 0.25) is 5.02 Å². The number of alkyl halides is 3. The third-order valence-corrected chi connectivity index (χ3v) is 5.85. The van der Waals surface area contributed by atoms with Crippen molar-refractivity contribution >= 4 is 11.6 Å². The number of halogens is 4. The van der Waals surface area contributed by atoms with Gasteiger partial charge in [0.25, 0.3) is 0 Å². The van der Waals surface area contributed by atoms with E-state index < -0.39 is 6.36 Å². The summed E-state index contributed by atoms with van der Waals surface area (Å²) in [6.07, 6.45) is 0.353. The van der Waals surface area contributed by atoms with Crippen molar-refractivity contribution in [2.45, 2.75) is 83.0 Å². The van der Waals surface area contributed by atoms with E-state index in [1.54, 1.807) is 0 Å². The van der Waals surface area contributed by atoms with Crippen LogP contribution in [-0.2, 0) is 0 Å². The minimum absolute atomic E-state index is 0.0198. The molecule has 2 aliphatic rings. The molecule has 2 saturated heterocycles. The fourth-order valence-electron chi connectivity index (χ4n) is 4.38. The fourth-order valence-corrected chi connectivity index (χ4v) is 4.60. The van der Waals surface area contributed by atoms with Gasteiger partial charge in [-0.3, -0.25) is 4.90 Å². The molecule has 1 aromatic rings. The molecule has 0 saturated carbocycles. The SMILES string of the molecule is CCC(C)(C)N1[C@@H]2CC[C@H]1CC(Oc1cc(Cl)cc(OC(F)(F)F)c1)C2. The van der Waals surface area contributed by atoms with Crippen LogP contribution in [0.15, 0.2) is 18.2 Å². The molecule has 1 unspecified atom stereocenters. The topological polar surface area (TPSA) is 21.7 Å². The summed E-state index contributed by atoms with van der Waals surface area (Å²) in [5, 5.41) is 0.161. The number of hydrogen-bond acceptors (Lipinski definition) is 3. The molecule has 2 fully saturated rings. The molecule has 0 aromatic heterocycles. The zero-order valence-electron chi connectivity index (χ0n) is 15.3. The monoisotopic (exact) mass is 391 g/mol. The van der Waals surface area contributed by atoms with Crippen molar-refractivity contribution < 1.29 is 22.6 Å². The lowest BCUT2D eigenvalue weighted by molar-refractivity contribution is -0.274. The quantitative estimate of drug-likeness (QED) is 0.633. The lowest BCUT2D eigenvalue weighted by Gasteiger charge is -2.48. The summed E-state index contributed by atoms with van der Waals surface area (Å²) in [5.74, 6) is -0.0307. The zero-order valence-corrected chi connectivity index (χ0v) is 16.0. The second-order valence-electron chi connectivity index (χ2n) is 7.84. The molecule has 2 heterocycles. The molecule has 0 radical (unpaired) electrons. The Morgan fingerprint density at radius 1 is 1.08 bits per heavy atom. The van der Waals surface area contributed by atoms with E-state index in [-0.39, 0.29) is 22.4 Å². The molecule has 0 N–H and O–H groups in total. The van der Waals surface area contributed by atoms with Crippen LogP contribution >= 0.6 is 11.6 Å². The first-order valence-corrected chi connectivity index (χ1v) is 9.46. The molecule has 0 amide bonds. The van der Waals surface area contributed by atoms with Gasteiger partial charge in [0.15, 0.2) is 0 Å². The molecule has 3 atom stereocenters. The summed E-state index contributed by atoms with van der Waals surface area (Å²) in [4.78, 5) is 2.61. The molecule has 26 heavy (non-hydrogen) atoms. The summed E-state index contributed by atoms with van der Waals surface area (Å²) in [5.41, 5.74) is 0.153. The zero-order chi connectivity index (χ0) is 19.1. The molecular weight excluding hydrogens is 367 g/mol. The van der Waals surface area contributed by atoms with Crippen molar-refractivity contribution in [1.82, 2.24) is 4.90 Å². The molecule has 3 rings (SSSR count). The number of rotatable bonds is 5. The van der Waals surface area contributed by atoms with Crippen LogP contribution in [0, 0.1) is 0 Å². The van der Waals surface area contributed by atoms with Crippen LogP contribution < -0.4 is 9.47 Å². The van der Waals surface area contributed by atoms with Crippen LogP contribution in [-0.4, -0.2) is 35.0 Å². The number of piperidine rings is 1. The van der Waals surface area contributed by atoms with Gasteiger partial charge in [0.1, 0.15) is 17.6 Å². The average molecular weight is 392 g/mol. The van der Waals surface area contributed by atoms with E-state index in [1.165, 1.54) is 12.1 Å². The standard InChI is InChI=1S/C19H25ClF3NO2/c1-4-18(2,3)24-13-5-6-14(24)10-16(9-13)25-15-7-12(20)8-17(11-15)26-19(21,22)23/h7-8,11,13-14,16H,4-6,9-10H2,1-3H3/t13-,14+,16?. The first-order valence-electron chi connectivity index (χ1n) is 9.09.